The summed E-state index contributed by atoms with van der Waals surface area (Å²) in [4.78, 5) is 30.0. The van der Waals surface area contributed by atoms with Crippen LogP contribution in [-0.4, -0.2) is 55.3 Å². The number of carbonyl (C=O) groups excluding carboxylic acids is 1. The van der Waals surface area contributed by atoms with Gasteiger partial charge in [0.25, 0.3) is 0 Å². The van der Waals surface area contributed by atoms with Crippen LogP contribution in [-0.2, 0) is 23.9 Å². The van der Waals surface area contributed by atoms with Crippen molar-refractivity contribution < 1.29 is 32.6 Å². The number of pyridine rings is 1. The molecule has 176 valence electrons. The van der Waals surface area contributed by atoms with Crippen LogP contribution >= 0.6 is 0 Å². The Morgan fingerprint density at radius 1 is 1.30 bits per heavy atom. The number of alkyl halides is 3. The lowest BCUT2D eigenvalue weighted by atomic mass is 10.0. The number of piperidine rings is 1. The molecule has 1 N–H and O–H groups in total. The Morgan fingerprint density at radius 3 is 2.79 bits per heavy atom. The third kappa shape index (κ3) is 3.93. The Morgan fingerprint density at radius 2 is 2.09 bits per heavy atom. The minimum Gasteiger partial charge on any atom is -0.476 e. The van der Waals surface area contributed by atoms with Gasteiger partial charge in [-0.1, -0.05) is 0 Å². The first-order valence-corrected chi connectivity index (χ1v) is 10.9. The molecule has 1 amide bonds. The fraction of sp³-hybridized carbons (Fsp3) is 0.545. The number of aromatic nitrogens is 3. The van der Waals surface area contributed by atoms with Gasteiger partial charge in [-0.05, 0) is 43.7 Å². The van der Waals surface area contributed by atoms with Crippen molar-refractivity contribution >= 4 is 11.9 Å². The first-order chi connectivity index (χ1) is 15.6. The van der Waals surface area contributed by atoms with Crippen LogP contribution in [0.15, 0.2) is 18.3 Å². The van der Waals surface area contributed by atoms with Gasteiger partial charge < -0.3 is 14.7 Å². The number of carboxylic acid groups (broad SMARTS) is 1. The van der Waals surface area contributed by atoms with E-state index in [4.69, 9.17) is 4.74 Å². The van der Waals surface area contributed by atoms with E-state index in [0.717, 1.165) is 30.2 Å². The lowest BCUT2D eigenvalue weighted by Gasteiger charge is -2.37. The summed E-state index contributed by atoms with van der Waals surface area (Å²) in [5, 5.41) is 13.7. The number of halogens is 3. The number of amides is 1. The number of carboxylic acids is 1. The molecule has 1 aliphatic heterocycles. The van der Waals surface area contributed by atoms with Crippen LogP contribution in [0, 0.1) is 5.92 Å². The van der Waals surface area contributed by atoms with Gasteiger partial charge in [0.2, 0.25) is 11.8 Å². The first kappa shape index (κ1) is 21.7. The maximum Gasteiger partial charge on any atom is 0.421 e. The highest BCUT2D eigenvalue weighted by atomic mass is 19.4. The van der Waals surface area contributed by atoms with Crippen LogP contribution in [0.1, 0.15) is 59.4 Å². The molecule has 2 fully saturated rings. The SMILES string of the molecule is C[C@H]1C[C@H](Oc2ncccc2C(F)(F)F)CCN1C(=O)Cn1nc(C(=O)O)c2c1CC1CC21. The predicted molar refractivity (Wildman–Crippen MR) is 108 cm³/mol. The molecule has 1 saturated heterocycles. The van der Waals surface area contributed by atoms with Gasteiger partial charge in [-0.3, -0.25) is 9.48 Å². The summed E-state index contributed by atoms with van der Waals surface area (Å²) in [6.07, 6.45) is -1.36. The lowest BCUT2D eigenvalue weighted by Crippen LogP contribution is -2.48. The monoisotopic (exact) mass is 464 g/mol. The van der Waals surface area contributed by atoms with E-state index >= 15 is 0 Å². The lowest BCUT2D eigenvalue weighted by molar-refractivity contribution is -0.140. The number of carbonyl (C=O) groups is 2. The minimum absolute atomic E-state index is 0.0405. The van der Waals surface area contributed by atoms with Crippen LogP contribution < -0.4 is 4.74 Å². The fourth-order valence-corrected chi connectivity index (χ4v) is 5.16. The second-order valence-electron chi connectivity index (χ2n) is 9.03. The molecule has 2 aliphatic carbocycles. The Bertz CT molecular complexity index is 1120. The summed E-state index contributed by atoms with van der Waals surface area (Å²) in [5.74, 6) is -1.03. The number of hydrogen-bond acceptors (Lipinski definition) is 5. The second-order valence-corrected chi connectivity index (χ2v) is 9.03. The molecule has 4 atom stereocenters. The summed E-state index contributed by atoms with van der Waals surface area (Å²) >= 11 is 0. The zero-order valence-electron chi connectivity index (χ0n) is 17.9. The summed E-state index contributed by atoms with van der Waals surface area (Å²) in [7, 11) is 0. The second kappa shape index (κ2) is 7.74. The fourth-order valence-electron chi connectivity index (χ4n) is 5.16. The van der Waals surface area contributed by atoms with Crippen molar-refractivity contribution in [3.05, 3.63) is 40.8 Å². The van der Waals surface area contributed by atoms with E-state index in [0.29, 0.717) is 25.3 Å². The number of nitrogens with zero attached hydrogens (tertiary/aromatic N) is 4. The van der Waals surface area contributed by atoms with Crippen LogP contribution in [0.3, 0.4) is 0 Å². The van der Waals surface area contributed by atoms with E-state index in [9.17, 15) is 27.9 Å². The van der Waals surface area contributed by atoms with Gasteiger partial charge in [-0.25, -0.2) is 9.78 Å². The van der Waals surface area contributed by atoms with Crippen LogP contribution in [0.4, 0.5) is 13.2 Å². The highest BCUT2D eigenvalue weighted by molar-refractivity contribution is 5.88. The van der Waals surface area contributed by atoms with Gasteiger partial charge in [0.15, 0.2) is 5.69 Å². The molecule has 3 heterocycles. The van der Waals surface area contributed by atoms with Crippen LogP contribution in [0.2, 0.25) is 0 Å². The Kier molecular flexibility index (Phi) is 5.09. The number of likely N-dealkylation sites (tertiary alicyclic amines) is 1. The van der Waals surface area contributed by atoms with Gasteiger partial charge in [0.05, 0.1) is 0 Å². The third-order valence-electron chi connectivity index (χ3n) is 6.84. The van der Waals surface area contributed by atoms with Crippen molar-refractivity contribution in [1.29, 1.82) is 0 Å². The first-order valence-electron chi connectivity index (χ1n) is 10.9. The molecule has 1 saturated carbocycles. The standard InChI is InChI=1S/C22H23F3N4O4/c1-11-7-13(33-20-15(22(23,24)25)3-2-5-26-20)4-6-28(11)17(30)10-29-16-9-12-8-14(12)18(16)19(27-29)21(31)32/h2-3,5,11-14H,4,6-10H2,1H3,(H,31,32)/t11-,12?,13+,14?/m0/s1. The molecule has 0 bridgehead atoms. The molecule has 0 radical (unpaired) electrons. The molecule has 5 rings (SSSR count). The quantitative estimate of drug-likeness (QED) is 0.730. The van der Waals surface area contributed by atoms with Crippen molar-refractivity contribution in [1.82, 2.24) is 19.7 Å². The summed E-state index contributed by atoms with van der Waals surface area (Å²) in [6, 6.07) is 1.89. The van der Waals surface area contributed by atoms with E-state index in [1.807, 2.05) is 6.92 Å². The van der Waals surface area contributed by atoms with E-state index in [1.54, 1.807) is 4.90 Å². The van der Waals surface area contributed by atoms with Crippen molar-refractivity contribution in [2.45, 2.75) is 63.4 Å². The van der Waals surface area contributed by atoms with Gasteiger partial charge in [0, 0.05) is 42.9 Å². The molecular weight excluding hydrogens is 441 g/mol. The van der Waals surface area contributed by atoms with Crippen molar-refractivity contribution in [3.63, 3.8) is 0 Å². The van der Waals surface area contributed by atoms with Gasteiger partial charge in [0.1, 0.15) is 18.2 Å². The molecular formula is C22H23F3N4O4. The zero-order chi connectivity index (χ0) is 23.5. The zero-order valence-corrected chi connectivity index (χ0v) is 17.9. The number of fused-ring (bicyclic) bond motifs is 3. The molecule has 11 heteroatoms. The van der Waals surface area contributed by atoms with E-state index < -0.39 is 29.7 Å². The number of aromatic carboxylic acids is 1. The van der Waals surface area contributed by atoms with Crippen molar-refractivity contribution in [3.8, 4) is 5.88 Å². The van der Waals surface area contributed by atoms with Gasteiger partial charge >= 0.3 is 12.1 Å². The minimum atomic E-state index is -4.56. The molecule has 2 aromatic heterocycles. The van der Waals surface area contributed by atoms with E-state index in [2.05, 4.69) is 10.1 Å². The molecule has 0 aromatic carbocycles. The number of hydrogen-bond donors (Lipinski definition) is 1. The molecule has 2 unspecified atom stereocenters. The highest BCUT2D eigenvalue weighted by Gasteiger charge is 2.50. The molecule has 2 aromatic rings. The van der Waals surface area contributed by atoms with E-state index in [-0.39, 0.29) is 30.1 Å². The number of rotatable bonds is 5. The normalized spacial score (nSPS) is 26.0. The van der Waals surface area contributed by atoms with Gasteiger partial charge in [-0.2, -0.15) is 18.3 Å². The molecule has 0 spiro atoms. The maximum atomic E-state index is 13.2. The Hall–Kier alpha value is -3.11. The predicted octanol–water partition coefficient (Wildman–Crippen LogP) is 3.11. The van der Waals surface area contributed by atoms with Crippen LogP contribution in [0.5, 0.6) is 5.88 Å². The maximum absolute atomic E-state index is 13.2. The topological polar surface area (TPSA) is 97.5 Å². The molecule has 3 aliphatic rings. The third-order valence-corrected chi connectivity index (χ3v) is 6.84. The molecule has 8 nitrogen and oxygen atoms in total. The van der Waals surface area contributed by atoms with Crippen molar-refractivity contribution in [2.75, 3.05) is 6.54 Å². The van der Waals surface area contributed by atoms with Crippen molar-refractivity contribution in [2.24, 2.45) is 5.92 Å². The van der Waals surface area contributed by atoms with E-state index in [1.165, 1.54) is 16.9 Å². The highest BCUT2D eigenvalue weighted by Crippen LogP contribution is 2.57. The largest absolute Gasteiger partial charge is 0.476 e. The van der Waals surface area contributed by atoms with Crippen LogP contribution in [0.25, 0.3) is 0 Å². The molecule has 33 heavy (non-hydrogen) atoms. The average Bonchev–Trinajstić information content (AvgIpc) is 3.26. The number of ether oxygens (including phenoxy) is 1. The average molecular weight is 464 g/mol. The smallest absolute Gasteiger partial charge is 0.421 e. The summed E-state index contributed by atoms with van der Waals surface area (Å²) < 4.78 is 46.7. The van der Waals surface area contributed by atoms with Gasteiger partial charge in [-0.15, -0.1) is 0 Å². The Balaban J connectivity index is 1.25. The Labute approximate surface area is 187 Å². The summed E-state index contributed by atoms with van der Waals surface area (Å²) in [5.41, 5.74) is 0.730. The summed E-state index contributed by atoms with van der Waals surface area (Å²) in [6.45, 7) is 2.09.